The van der Waals surface area contributed by atoms with Crippen LogP contribution in [0.3, 0.4) is 0 Å². The molecule has 3 heterocycles. The molecule has 0 spiro atoms. The van der Waals surface area contributed by atoms with Gasteiger partial charge in [0, 0.05) is 18.0 Å². The van der Waals surface area contributed by atoms with Crippen molar-refractivity contribution < 1.29 is 4.79 Å². The Morgan fingerprint density at radius 3 is 2.81 bits per heavy atom. The average Bonchev–Trinajstić information content (AvgIpc) is 3.23. The molecule has 4 aromatic rings. The molecule has 130 valence electrons. The number of carbonyl (C=O) groups excluding carboxylic acids is 1. The fourth-order valence-electron chi connectivity index (χ4n) is 2.44. The Bertz CT molecular complexity index is 1030. The van der Waals surface area contributed by atoms with E-state index in [0.717, 1.165) is 35.6 Å². The van der Waals surface area contributed by atoms with E-state index in [2.05, 4.69) is 20.0 Å². The first-order chi connectivity index (χ1) is 12.7. The minimum atomic E-state index is -0.272. The van der Waals surface area contributed by atoms with Gasteiger partial charge >= 0.3 is 6.03 Å². The molecule has 4 rings (SSSR count). The number of aromatic nitrogens is 2. The molecule has 0 saturated carbocycles. The van der Waals surface area contributed by atoms with Crippen molar-refractivity contribution in [3.63, 3.8) is 0 Å². The molecular formula is C18H14N4OS3. The number of carbonyl (C=O) groups is 1. The first-order valence-corrected chi connectivity index (χ1v) is 10.2. The summed E-state index contributed by atoms with van der Waals surface area (Å²) in [6, 6.07) is 13.6. The smallest absolute Gasteiger partial charge is 0.297 e. The van der Waals surface area contributed by atoms with Gasteiger partial charge in [-0.05, 0) is 36.4 Å². The zero-order valence-electron chi connectivity index (χ0n) is 13.7. The van der Waals surface area contributed by atoms with Gasteiger partial charge in [0.05, 0.1) is 13.9 Å². The van der Waals surface area contributed by atoms with Crippen molar-refractivity contribution in [3.8, 4) is 11.3 Å². The number of nitrogens with one attached hydrogen (secondary N) is 2. The summed E-state index contributed by atoms with van der Waals surface area (Å²) in [7, 11) is 0. The maximum Gasteiger partial charge on any atom is 0.330 e. The number of benzene rings is 1. The Kier molecular flexibility index (Phi) is 4.87. The van der Waals surface area contributed by atoms with E-state index in [0.29, 0.717) is 0 Å². The van der Waals surface area contributed by atoms with E-state index in [-0.39, 0.29) is 6.03 Å². The number of aryl methyl sites for hydroxylation is 1. The first kappa shape index (κ1) is 17.0. The van der Waals surface area contributed by atoms with Crippen molar-refractivity contribution in [2.75, 3.05) is 5.32 Å². The number of hydrogen-bond donors (Lipinski definition) is 2. The van der Waals surface area contributed by atoms with Gasteiger partial charge in [-0.1, -0.05) is 30.3 Å². The highest BCUT2D eigenvalue weighted by molar-refractivity contribution is 8.00. The summed E-state index contributed by atoms with van der Waals surface area (Å²) in [6.45, 7) is 1.93. The number of pyridine rings is 1. The molecule has 0 fully saturated rings. The lowest BCUT2D eigenvalue weighted by Crippen LogP contribution is -2.22. The molecule has 0 unspecified atom stereocenters. The molecule has 2 N–H and O–H groups in total. The van der Waals surface area contributed by atoms with Crippen LogP contribution in [-0.2, 0) is 0 Å². The van der Waals surface area contributed by atoms with E-state index in [1.54, 1.807) is 17.5 Å². The summed E-state index contributed by atoms with van der Waals surface area (Å²) in [5, 5.41) is 5.68. The van der Waals surface area contributed by atoms with Gasteiger partial charge in [0.25, 0.3) is 0 Å². The Labute approximate surface area is 162 Å². The Balaban J connectivity index is 1.45. The quantitative estimate of drug-likeness (QED) is 0.442. The third kappa shape index (κ3) is 3.72. The predicted octanol–water partition coefficient (Wildman–Crippen LogP) is 5.56. The highest BCUT2D eigenvalue weighted by Gasteiger charge is 2.14. The van der Waals surface area contributed by atoms with Crippen LogP contribution in [-0.4, -0.2) is 16.0 Å². The van der Waals surface area contributed by atoms with Gasteiger partial charge in [-0.2, -0.15) is 0 Å². The third-order valence-corrected chi connectivity index (χ3v) is 6.43. The topological polar surface area (TPSA) is 66.9 Å². The average molecular weight is 399 g/mol. The van der Waals surface area contributed by atoms with Crippen LogP contribution >= 0.6 is 34.6 Å². The summed E-state index contributed by atoms with van der Waals surface area (Å²) in [6.07, 6.45) is 3.59. The summed E-state index contributed by atoms with van der Waals surface area (Å²) in [5.74, 6) is 0. The standard InChI is InChI=1S/C18H14N4OS3/c1-11-20-16(12-5-3-2-4-6-12)17(24-11)21-18(23)22-26-15-9-13-7-8-19-10-14(13)25-15/h2-10H,1H3,(H2,21,22,23). The molecule has 0 aliphatic rings. The number of thiophene rings is 1. The molecular weight excluding hydrogens is 384 g/mol. The van der Waals surface area contributed by atoms with Crippen molar-refractivity contribution >= 4 is 55.7 Å². The van der Waals surface area contributed by atoms with Crippen molar-refractivity contribution in [3.05, 3.63) is 59.9 Å². The lowest BCUT2D eigenvalue weighted by molar-refractivity contribution is 0.257. The number of hydrogen-bond acceptors (Lipinski definition) is 6. The fraction of sp³-hybridized carbons (Fsp3) is 0.0556. The summed E-state index contributed by atoms with van der Waals surface area (Å²) >= 11 is 4.36. The molecule has 2 amide bonds. The number of rotatable bonds is 4. The van der Waals surface area contributed by atoms with E-state index in [4.69, 9.17) is 0 Å². The maximum atomic E-state index is 12.3. The molecule has 3 aromatic heterocycles. The van der Waals surface area contributed by atoms with Crippen LogP contribution < -0.4 is 10.0 Å². The van der Waals surface area contributed by atoms with Gasteiger partial charge in [-0.25, -0.2) is 9.78 Å². The highest BCUT2D eigenvalue weighted by atomic mass is 32.2. The van der Waals surface area contributed by atoms with Crippen molar-refractivity contribution in [1.29, 1.82) is 0 Å². The number of thiazole rings is 1. The van der Waals surface area contributed by atoms with Gasteiger partial charge in [0.15, 0.2) is 0 Å². The minimum Gasteiger partial charge on any atom is -0.297 e. The number of amides is 2. The Morgan fingerprint density at radius 1 is 1.15 bits per heavy atom. The zero-order valence-corrected chi connectivity index (χ0v) is 16.2. The van der Waals surface area contributed by atoms with Gasteiger partial charge in [-0.3, -0.25) is 15.0 Å². The Hall–Kier alpha value is -2.42. The third-order valence-electron chi connectivity index (χ3n) is 3.55. The molecule has 0 saturated heterocycles. The van der Waals surface area contributed by atoms with E-state index >= 15 is 0 Å². The summed E-state index contributed by atoms with van der Waals surface area (Å²) in [5.41, 5.74) is 1.78. The lowest BCUT2D eigenvalue weighted by Gasteiger charge is -2.06. The molecule has 0 bridgehead atoms. The zero-order chi connectivity index (χ0) is 17.9. The second-order valence-electron chi connectivity index (χ2n) is 5.41. The van der Waals surface area contributed by atoms with Crippen LogP contribution in [0.25, 0.3) is 21.3 Å². The molecule has 0 aliphatic carbocycles. The molecule has 26 heavy (non-hydrogen) atoms. The molecule has 8 heteroatoms. The number of urea groups is 1. The van der Waals surface area contributed by atoms with Crippen molar-refractivity contribution in [1.82, 2.24) is 14.7 Å². The number of fused-ring (bicyclic) bond motifs is 1. The van der Waals surface area contributed by atoms with Crippen LogP contribution in [0.15, 0.2) is 59.1 Å². The van der Waals surface area contributed by atoms with Crippen molar-refractivity contribution in [2.45, 2.75) is 11.1 Å². The lowest BCUT2D eigenvalue weighted by atomic mass is 10.2. The molecule has 0 atom stereocenters. The van der Waals surface area contributed by atoms with Crippen LogP contribution in [0, 0.1) is 6.92 Å². The normalized spacial score (nSPS) is 10.8. The second kappa shape index (κ2) is 7.45. The Morgan fingerprint density at radius 2 is 2.00 bits per heavy atom. The predicted molar refractivity (Wildman–Crippen MR) is 110 cm³/mol. The molecule has 0 aliphatic heterocycles. The fourth-order valence-corrected chi connectivity index (χ4v) is 5.03. The molecule has 5 nitrogen and oxygen atoms in total. The second-order valence-corrected chi connectivity index (χ2v) is 8.81. The van der Waals surface area contributed by atoms with E-state index in [1.807, 2.05) is 55.6 Å². The van der Waals surface area contributed by atoms with Crippen LogP contribution in [0.5, 0.6) is 0 Å². The van der Waals surface area contributed by atoms with Gasteiger partial charge in [0.2, 0.25) is 0 Å². The van der Waals surface area contributed by atoms with E-state index in [1.165, 1.54) is 23.3 Å². The van der Waals surface area contributed by atoms with Crippen molar-refractivity contribution in [2.24, 2.45) is 0 Å². The molecule has 1 aromatic carbocycles. The number of nitrogens with zero attached hydrogens (tertiary/aromatic N) is 2. The summed E-state index contributed by atoms with van der Waals surface area (Å²) < 4.78 is 4.94. The van der Waals surface area contributed by atoms with E-state index < -0.39 is 0 Å². The number of anilines is 1. The monoisotopic (exact) mass is 398 g/mol. The first-order valence-electron chi connectivity index (χ1n) is 7.79. The van der Waals surface area contributed by atoms with Gasteiger partial charge in [-0.15, -0.1) is 22.7 Å². The highest BCUT2D eigenvalue weighted by Crippen LogP contribution is 2.33. The summed E-state index contributed by atoms with van der Waals surface area (Å²) in [4.78, 5) is 21.0. The SMILES string of the molecule is Cc1nc(-c2ccccc2)c(NC(=O)NSc2cc3ccncc3s2)s1. The van der Waals surface area contributed by atoms with Gasteiger partial charge in [0.1, 0.15) is 10.7 Å². The molecule has 0 radical (unpaired) electrons. The van der Waals surface area contributed by atoms with Crippen LogP contribution in [0.2, 0.25) is 0 Å². The van der Waals surface area contributed by atoms with Crippen LogP contribution in [0.4, 0.5) is 9.80 Å². The van der Waals surface area contributed by atoms with Crippen LogP contribution in [0.1, 0.15) is 5.01 Å². The largest absolute Gasteiger partial charge is 0.330 e. The van der Waals surface area contributed by atoms with Gasteiger partial charge < -0.3 is 0 Å². The minimum absolute atomic E-state index is 0.272. The van der Waals surface area contributed by atoms with E-state index in [9.17, 15) is 4.79 Å². The maximum absolute atomic E-state index is 12.3.